The van der Waals surface area contributed by atoms with Crippen molar-refractivity contribution in [2.75, 3.05) is 13.1 Å². The van der Waals surface area contributed by atoms with Gasteiger partial charge in [-0.15, -0.1) is 22.7 Å². The zero-order valence-electron chi connectivity index (χ0n) is 10.5. The zero-order chi connectivity index (χ0) is 13.8. The minimum atomic E-state index is -0.0677. The SMILES string of the molecule is CCCN(C/C(N)=N/O)C(=O)c1cc2sccc2s1. The molecule has 0 unspecified atom stereocenters. The van der Waals surface area contributed by atoms with Crippen molar-refractivity contribution in [2.45, 2.75) is 13.3 Å². The first-order valence-corrected chi connectivity index (χ1v) is 7.58. The average molecular weight is 297 g/mol. The molecule has 19 heavy (non-hydrogen) atoms. The molecule has 0 aliphatic heterocycles. The summed E-state index contributed by atoms with van der Waals surface area (Å²) in [6.07, 6.45) is 0.824. The summed E-state index contributed by atoms with van der Waals surface area (Å²) in [6.45, 7) is 2.72. The third kappa shape index (κ3) is 3.05. The highest BCUT2D eigenvalue weighted by molar-refractivity contribution is 7.27. The van der Waals surface area contributed by atoms with Crippen molar-refractivity contribution < 1.29 is 10.0 Å². The lowest BCUT2D eigenvalue weighted by molar-refractivity contribution is 0.0783. The van der Waals surface area contributed by atoms with Crippen molar-refractivity contribution >= 4 is 43.8 Å². The second-order valence-corrected chi connectivity index (χ2v) is 6.11. The Morgan fingerprint density at radius 2 is 2.32 bits per heavy atom. The Balaban J connectivity index is 2.20. The highest BCUT2D eigenvalue weighted by atomic mass is 32.1. The summed E-state index contributed by atoms with van der Waals surface area (Å²) in [5.41, 5.74) is 5.49. The van der Waals surface area contributed by atoms with E-state index in [0.717, 1.165) is 15.8 Å². The minimum absolute atomic E-state index is 0.0418. The molecule has 0 atom stereocenters. The second-order valence-electron chi connectivity index (χ2n) is 4.08. The molecule has 2 rings (SSSR count). The van der Waals surface area contributed by atoms with E-state index >= 15 is 0 Å². The Bertz CT molecular complexity index is 574. The molecule has 0 radical (unpaired) electrons. The van der Waals surface area contributed by atoms with Gasteiger partial charge in [0.2, 0.25) is 0 Å². The Morgan fingerprint density at radius 3 is 2.95 bits per heavy atom. The molecule has 0 aromatic carbocycles. The zero-order valence-corrected chi connectivity index (χ0v) is 12.1. The lowest BCUT2D eigenvalue weighted by Gasteiger charge is -2.20. The number of carbonyl (C=O) groups is 1. The van der Waals surface area contributed by atoms with Gasteiger partial charge >= 0.3 is 0 Å². The van der Waals surface area contributed by atoms with Gasteiger partial charge in [-0.2, -0.15) is 0 Å². The summed E-state index contributed by atoms with van der Waals surface area (Å²) in [5.74, 6) is -0.0259. The summed E-state index contributed by atoms with van der Waals surface area (Å²) in [5, 5.41) is 13.5. The number of fused-ring (bicyclic) bond motifs is 1. The van der Waals surface area contributed by atoms with Crippen LogP contribution in [-0.2, 0) is 0 Å². The maximum Gasteiger partial charge on any atom is 0.264 e. The summed E-state index contributed by atoms with van der Waals surface area (Å²) in [6, 6.07) is 3.91. The van der Waals surface area contributed by atoms with Gasteiger partial charge in [-0.3, -0.25) is 4.79 Å². The normalized spacial score (nSPS) is 11.9. The van der Waals surface area contributed by atoms with Gasteiger partial charge < -0.3 is 15.8 Å². The minimum Gasteiger partial charge on any atom is -0.409 e. The second kappa shape index (κ2) is 6.03. The number of hydrogen-bond acceptors (Lipinski definition) is 5. The molecular weight excluding hydrogens is 282 g/mol. The number of nitrogens with zero attached hydrogens (tertiary/aromatic N) is 2. The summed E-state index contributed by atoms with van der Waals surface area (Å²) in [4.78, 5) is 14.7. The number of amides is 1. The Morgan fingerprint density at radius 1 is 1.53 bits per heavy atom. The van der Waals surface area contributed by atoms with Crippen LogP contribution in [-0.4, -0.2) is 34.9 Å². The number of hydrogen-bond donors (Lipinski definition) is 2. The first kappa shape index (κ1) is 13.8. The van der Waals surface area contributed by atoms with E-state index in [1.54, 1.807) is 16.2 Å². The Hall–Kier alpha value is -1.60. The van der Waals surface area contributed by atoms with Crippen LogP contribution in [0, 0.1) is 0 Å². The van der Waals surface area contributed by atoms with Crippen LogP contribution in [0.4, 0.5) is 0 Å². The van der Waals surface area contributed by atoms with E-state index < -0.39 is 0 Å². The monoisotopic (exact) mass is 297 g/mol. The number of oxime groups is 1. The third-order valence-electron chi connectivity index (χ3n) is 2.61. The van der Waals surface area contributed by atoms with Gasteiger partial charge in [0.05, 0.1) is 11.4 Å². The Kier molecular flexibility index (Phi) is 4.39. The summed E-state index contributed by atoms with van der Waals surface area (Å²) in [7, 11) is 0. The number of rotatable bonds is 5. The topological polar surface area (TPSA) is 78.9 Å². The molecule has 1 amide bonds. The van der Waals surface area contributed by atoms with E-state index in [9.17, 15) is 4.79 Å². The predicted octanol–water partition coefficient (Wildman–Crippen LogP) is 2.56. The number of thiophene rings is 2. The van der Waals surface area contributed by atoms with Crippen LogP contribution in [0.1, 0.15) is 23.0 Å². The van der Waals surface area contributed by atoms with Crippen LogP contribution in [0.5, 0.6) is 0 Å². The molecule has 2 heterocycles. The molecule has 2 aromatic rings. The largest absolute Gasteiger partial charge is 0.409 e. The number of carbonyl (C=O) groups excluding carboxylic acids is 1. The fourth-order valence-corrected chi connectivity index (χ4v) is 3.85. The molecule has 0 saturated heterocycles. The summed E-state index contributed by atoms with van der Waals surface area (Å²) < 4.78 is 2.24. The van der Waals surface area contributed by atoms with E-state index in [0.29, 0.717) is 11.4 Å². The van der Waals surface area contributed by atoms with Crippen LogP contribution < -0.4 is 5.73 Å². The lowest BCUT2D eigenvalue weighted by atomic mass is 10.3. The van der Waals surface area contributed by atoms with Crippen molar-refractivity contribution in [3.8, 4) is 0 Å². The molecule has 0 aliphatic rings. The first-order chi connectivity index (χ1) is 9.15. The number of amidine groups is 1. The average Bonchev–Trinajstić information content (AvgIpc) is 2.97. The van der Waals surface area contributed by atoms with Crippen molar-refractivity contribution in [1.29, 1.82) is 0 Å². The highest BCUT2D eigenvalue weighted by Gasteiger charge is 2.19. The molecule has 5 nitrogen and oxygen atoms in total. The predicted molar refractivity (Wildman–Crippen MR) is 79.3 cm³/mol. The molecule has 102 valence electrons. The van der Waals surface area contributed by atoms with Crippen LogP contribution >= 0.6 is 22.7 Å². The van der Waals surface area contributed by atoms with E-state index in [1.807, 2.05) is 24.4 Å². The van der Waals surface area contributed by atoms with Gasteiger partial charge in [0.1, 0.15) is 0 Å². The molecule has 2 aromatic heterocycles. The van der Waals surface area contributed by atoms with Gasteiger partial charge in [0.25, 0.3) is 5.91 Å². The fourth-order valence-electron chi connectivity index (χ4n) is 1.78. The van der Waals surface area contributed by atoms with Crippen molar-refractivity contribution in [2.24, 2.45) is 10.9 Å². The summed E-state index contributed by atoms with van der Waals surface area (Å²) >= 11 is 3.10. The van der Waals surface area contributed by atoms with E-state index in [2.05, 4.69) is 5.16 Å². The quantitative estimate of drug-likeness (QED) is 0.385. The highest BCUT2D eigenvalue weighted by Crippen LogP contribution is 2.30. The molecular formula is C12H15N3O2S2. The smallest absolute Gasteiger partial charge is 0.264 e. The third-order valence-corrected chi connectivity index (χ3v) is 4.69. The van der Waals surface area contributed by atoms with Crippen molar-refractivity contribution in [3.63, 3.8) is 0 Å². The molecule has 0 fully saturated rings. The van der Waals surface area contributed by atoms with Crippen molar-refractivity contribution in [3.05, 3.63) is 22.4 Å². The fraction of sp³-hybridized carbons (Fsp3) is 0.333. The molecule has 0 bridgehead atoms. The van der Waals surface area contributed by atoms with Gasteiger partial charge in [-0.05, 0) is 23.9 Å². The van der Waals surface area contributed by atoms with E-state index in [4.69, 9.17) is 10.9 Å². The van der Waals surface area contributed by atoms with Gasteiger partial charge in [-0.25, -0.2) is 0 Å². The molecule has 0 spiro atoms. The molecule has 0 aliphatic carbocycles. The van der Waals surface area contributed by atoms with Gasteiger partial charge in [0.15, 0.2) is 5.84 Å². The Labute approximate surface area is 118 Å². The van der Waals surface area contributed by atoms with Gasteiger partial charge in [-0.1, -0.05) is 12.1 Å². The standard InChI is InChI=1S/C12H15N3O2S2/c1-2-4-15(7-11(13)14-17)12(16)10-6-9-8(19-10)3-5-18-9/h3,5-6,17H,2,4,7H2,1H3,(H2,13,14). The number of nitrogens with two attached hydrogens (primary N) is 1. The lowest BCUT2D eigenvalue weighted by Crippen LogP contribution is -2.38. The van der Waals surface area contributed by atoms with E-state index in [1.165, 1.54) is 11.3 Å². The van der Waals surface area contributed by atoms with Crippen LogP contribution in [0.25, 0.3) is 9.40 Å². The molecule has 0 saturated carbocycles. The van der Waals surface area contributed by atoms with E-state index in [-0.39, 0.29) is 18.3 Å². The first-order valence-electron chi connectivity index (χ1n) is 5.88. The van der Waals surface area contributed by atoms with Crippen molar-refractivity contribution in [1.82, 2.24) is 4.90 Å². The van der Waals surface area contributed by atoms with Crippen LogP contribution in [0.3, 0.4) is 0 Å². The van der Waals surface area contributed by atoms with Gasteiger partial charge in [0, 0.05) is 15.9 Å². The maximum atomic E-state index is 12.4. The molecule has 7 heteroatoms. The maximum absolute atomic E-state index is 12.4. The van der Waals surface area contributed by atoms with Crippen LogP contribution in [0.15, 0.2) is 22.7 Å². The van der Waals surface area contributed by atoms with Crippen LogP contribution in [0.2, 0.25) is 0 Å². The molecule has 3 N–H and O–H groups in total.